The van der Waals surface area contributed by atoms with E-state index in [-0.39, 0.29) is 13.2 Å². The minimum atomic E-state index is -4.07. The van der Waals surface area contributed by atoms with E-state index in [0.717, 1.165) is 6.20 Å². The third-order valence-electron chi connectivity index (χ3n) is 1.97. The summed E-state index contributed by atoms with van der Waals surface area (Å²) in [5.41, 5.74) is -0.469. The van der Waals surface area contributed by atoms with Crippen LogP contribution in [0.1, 0.15) is 10.4 Å². The predicted molar refractivity (Wildman–Crippen MR) is 58.6 cm³/mol. The van der Waals surface area contributed by atoms with Crippen LogP contribution in [-0.2, 0) is 14.8 Å². The number of aliphatic hydroxyl groups excluding tert-OH is 1. The lowest BCUT2D eigenvalue weighted by atomic mass is 10.4. The second-order valence-corrected chi connectivity index (χ2v) is 5.08. The standard InChI is InChI=1S/C8H13N3O6S/c1-17-4-5(12)2-10-18(15,16)7-6(8(13)14)3-9-11-7/h3,5,10,12H,2,4H2,1H3,(H,9,11)(H,13,14). The van der Waals surface area contributed by atoms with E-state index in [2.05, 4.69) is 14.9 Å². The number of nitrogens with zero attached hydrogens (tertiary/aromatic N) is 1. The number of carbonyl (C=O) groups is 1. The molecule has 0 aliphatic heterocycles. The summed E-state index contributed by atoms with van der Waals surface area (Å²) in [7, 11) is -2.71. The van der Waals surface area contributed by atoms with Gasteiger partial charge in [-0.25, -0.2) is 17.9 Å². The zero-order chi connectivity index (χ0) is 13.8. The van der Waals surface area contributed by atoms with Crippen LogP contribution in [0, 0.1) is 0 Å². The monoisotopic (exact) mass is 279 g/mol. The largest absolute Gasteiger partial charge is 0.478 e. The molecule has 0 aromatic carbocycles. The minimum absolute atomic E-state index is 0.0444. The molecule has 1 aromatic rings. The van der Waals surface area contributed by atoms with Crippen LogP contribution in [0.15, 0.2) is 11.2 Å². The maximum Gasteiger partial charge on any atom is 0.340 e. The van der Waals surface area contributed by atoms with Crippen molar-refractivity contribution in [3.8, 4) is 0 Å². The zero-order valence-corrected chi connectivity index (χ0v) is 10.3. The maximum absolute atomic E-state index is 11.7. The van der Waals surface area contributed by atoms with E-state index in [1.807, 2.05) is 4.72 Å². The number of hydrogen-bond acceptors (Lipinski definition) is 6. The first kappa shape index (κ1) is 14.6. The smallest absolute Gasteiger partial charge is 0.340 e. The molecule has 0 bridgehead atoms. The zero-order valence-electron chi connectivity index (χ0n) is 9.45. The van der Waals surface area contributed by atoms with Gasteiger partial charge in [0.1, 0.15) is 5.56 Å². The Bertz CT molecular complexity index is 511. The van der Waals surface area contributed by atoms with Gasteiger partial charge in [0.15, 0.2) is 5.03 Å². The Morgan fingerprint density at radius 1 is 1.67 bits per heavy atom. The second-order valence-electron chi connectivity index (χ2n) is 3.38. The number of carboxylic acid groups (broad SMARTS) is 1. The number of aromatic amines is 1. The van der Waals surface area contributed by atoms with E-state index < -0.39 is 32.7 Å². The van der Waals surface area contributed by atoms with Gasteiger partial charge in [-0.15, -0.1) is 0 Å². The molecule has 1 unspecified atom stereocenters. The highest BCUT2D eigenvalue weighted by atomic mass is 32.2. The Hall–Kier alpha value is -1.49. The molecule has 1 atom stereocenters. The van der Waals surface area contributed by atoms with Crippen LogP contribution in [-0.4, -0.2) is 61.2 Å². The normalized spacial score (nSPS) is 13.4. The summed E-state index contributed by atoms with van der Waals surface area (Å²) in [6, 6.07) is 0. The number of hydrogen-bond donors (Lipinski definition) is 4. The van der Waals surface area contributed by atoms with Gasteiger partial charge in [0.25, 0.3) is 10.0 Å². The number of carboxylic acids is 1. The molecule has 0 amide bonds. The molecule has 0 saturated carbocycles. The summed E-state index contributed by atoms with van der Waals surface area (Å²) < 4.78 is 30.1. The minimum Gasteiger partial charge on any atom is -0.478 e. The number of rotatable bonds is 7. The van der Waals surface area contributed by atoms with Gasteiger partial charge in [0.2, 0.25) is 0 Å². The fourth-order valence-electron chi connectivity index (χ4n) is 1.16. The summed E-state index contributed by atoms with van der Waals surface area (Å²) in [5, 5.41) is 22.9. The van der Waals surface area contributed by atoms with Crippen molar-refractivity contribution in [3.05, 3.63) is 11.8 Å². The van der Waals surface area contributed by atoms with Crippen LogP contribution in [0.3, 0.4) is 0 Å². The van der Waals surface area contributed by atoms with Crippen LogP contribution >= 0.6 is 0 Å². The van der Waals surface area contributed by atoms with E-state index in [1.165, 1.54) is 7.11 Å². The molecule has 1 heterocycles. The van der Waals surface area contributed by atoms with Crippen LogP contribution in [0.2, 0.25) is 0 Å². The second kappa shape index (κ2) is 5.91. The van der Waals surface area contributed by atoms with Crippen LogP contribution in [0.5, 0.6) is 0 Å². The molecule has 0 aliphatic rings. The van der Waals surface area contributed by atoms with Crippen molar-refractivity contribution in [2.45, 2.75) is 11.1 Å². The number of methoxy groups -OCH3 is 1. The average molecular weight is 279 g/mol. The molecule has 0 spiro atoms. The predicted octanol–water partition coefficient (Wildman–Crippen LogP) is -1.61. The average Bonchev–Trinajstić information content (AvgIpc) is 2.76. The van der Waals surface area contributed by atoms with Crippen molar-refractivity contribution >= 4 is 16.0 Å². The quantitative estimate of drug-likeness (QED) is 0.470. The molecule has 0 radical (unpaired) electrons. The van der Waals surface area contributed by atoms with Gasteiger partial charge in [0.05, 0.1) is 18.9 Å². The van der Waals surface area contributed by atoms with Crippen molar-refractivity contribution < 1.29 is 28.2 Å². The fraction of sp³-hybridized carbons (Fsp3) is 0.500. The first-order valence-corrected chi connectivity index (χ1v) is 6.30. The van der Waals surface area contributed by atoms with Gasteiger partial charge in [-0.2, -0.15) is 5.10 Å². The Kier molecular flexibility index (Phi) is 4.78. The van der Waals surface area contributed by atoms with E-state index in [9.17, 15) is 18.3 Å². The summed E-state index contributed by atoms with van der Waals surface area (Å²) in [5.74, 6) is -1.42. The Labute approximate surface area is 103 Å². The molecule has 1 rings (SSSR count). The molecule has 0 fully saturated rings. The highest BCUT2D eigenvalue weighted by Gasteiger charge is 2.25. The number of sulfonamides is 1. The van der Waals surface area contributed by atoms with Gasteiger partial charge in [-0.3, -0.25) is 5.10 Å². The summed E-state index contributed by atoms with van der Waals surface area (Å²) in [6.45, 7) is -0.342. The molecule has 9 nitrogen and oxygen atoms in total. The number of aromatic carboxylic acids is 1. The van der Waals surface area contributed by atoms with Crippen molar-refractivity contribution in [2.24, 2.45) is 0 Å². The summed E-state index contributed by atoms with van der Waals surface area (Å²) in [6.07, 6.45) is -0.136. The maximum atomic E-state index is 11.7. The van der Waals surface area contributed by atoms with Crippen molar-refractivity contribution in [3.63, 3.8) is 0 Å². The molecule has 4 N–H and O–H groups in total. The number of H-pyrrole nitrogens is 1. The first-order valence-electron chi connectivity index (χ1n) is 4.81. The van der Waals surface area contributed by atoms with Gasteiger partial charge >= 0.3 is 5.97 Å². The van der Waals surface area contributed by atoms with Crippen molar-refractivity contribution in [1.29, 1.82) is 0 Å². The number of aromatic nitrogens is 2. The lowest BCUT2D eigenvalue weighted by molar-refractivity contribution is 0.0679. The lowest BCUT2D eigenvalue weighted by Crippen LogP contribution is -2.35. The Morgan fingerprint density at radius 3 is 2.89 bits per heavy atom. The van der Waals surface area contributed by atoms with Gasteiger partial charge in [0, 0.05) is 13.7 Å². The molecule has 18 heavy (non-hydrogen) atoms. The van der Waals surface area contributed by atoms with Crippen LogP contribution in [0.25, 0.3) is 0 Å². The van der Waals surface area contributed by atoms with Gasteiger partial charge in [-0.1, -0.05) is 0 Å². The van der Waals surface area contributed by atoms with E-state index in [1.54, 1.807) is 0 Å². The Morgan fingerprint density at radius 2 is 2.33 bits per heavy atom. The molecular formula is C8H13N3O6S. The van der Waals surface area contributed by atoms with Crippen molar-refractivity contribution in [2.75, 3.05) is 20.3 Å². The van der Waals surface area contributed by atoms with Gasteiger partial charge < -0.3 is 14.9 Å². The van der Waals surface area contributed by atoms with Crippen LogP contribution in [0.4, 0.5) is 0 Å². The third-order valence-corrected chi connectivity index (χ3v) is 3.37. The van der Waals surface area contributed by atoms with E-state index in [0.29, 0.717) is 0 Å². The van der Waals surface area contributed by atoms with E-state index >= 15 is 0 Å². The highest BCUT2D eigenvalue weighted by molar-refractivity contribution is 7.89. The molecule has 0 saturated heterocycles. The molecule has 102 valence electrons. The SMILES string of the molecule is COCC(O)CNS(=O)(=O)c1[nH]ncc1C(=O)O. The van der Waals surface area contributed by atoms with Crippen LogP contribution < -0.4 is 4.72 Å². The summed E-state index contributed by atoms with van der Waals surface area (Å²) in [4.78, 5) is 10.7. The number of aliphatic hydroxyl groups is 1. The molecule has 10 heteroatoms. The lowest BCUT2D eigenvalue weighted by Gasteiger charge is -2.10. The summed E-state index contributed by atoms with van der Waals surface area (Å²) >= 11 is 0. The topological polar surface area (TPSA) is 142 Å². The number of ether oxygens (including phenoxy) is 1. The fourth-order valence-corrected chi connectivity index (χ4v) is 2.32. The first-order chi connectivity index (χ1) is 8.38. The molecule has 0 aliphatic carbocycles. The molecule has 1 aromatic heterocycles. The Balaban J connectivity index is 2.80. The van der Waals surface area contributed by atoms with E-state index in [4.69, 9.17) is 5.11 Å². The highest BCUT2D eigenvalue weighted by Crippen LogP contribution is 2.11. The van der Waals surface area contributed by atoms with Crippen molar-refractivity contribution in [1.82, 2.24) is 14.9 Å². The third kappa shape index (κ3) is 3.50. The number of nitrogens with one attached hydrogen (secondary N) is 2. The molecular weight excluding hydrogens is 266 g/mol. The van der Waals surface area contributed by atoms with Gasteiger partial charge in [-0.05, 0) is 0 Å².